The lowest BCUT2D eigenvalue weighted by Gasteiger charge is -2.35. The molecule has 1 fully saturated rings. The number of β-amino-alcohol motifs (C(OH)–C–C–N with tert-alkyl or cyclic N) is 1. The molecule has 31 heavy (non-hydrogen) atoms. The highest BCUT2D eigenvalue weighted by molar-refractivity contribution is 5.29. The molecule has 0 amide bonds. The average molecular weight is 417 g/mol. The smallest absolute Gasteiger partial charge is 0.108 e. The third-order valence-electron chi connectivity index (χ3n) is 5.84. The molecular weight excluding hydrogens is 384 g/mol. The van der Waals surface area contributed by atoms with Gasteiger partial charge in [0.15, 0.2) is 0 Å². The van der Waals surface area contributed by atoms with E-state index in [0.29, 0.717) is 13.2 Å². The van der Waals surface area contributed by atoms with E-state index in [1.54, 1.807) is 0 Å². The van der Waals surface area contributed by atoms with Gasteiger partial charge in [0.25, 0.3) is 0 Å². The molecule has 4 heteroatoms. The van der Waals surface area contributed by atoms with Gasteiger partial charge in [0, 0.05) is 39.3 Å². The molecule has 0 radical (unpaired) electrons. The summed E-state index contributed by atoms with van der Waals surface area (Å²) in [6.45, 7) is 5.97. The number of benzene rings is 3. The summed E-state index contributed by atoms with van der Waals surface area (Å²) in [4.78, 5) is 4.82. The van der Waals surface area contributed by atoms with E-state index in [9.17, 15) is 5.11 Å². The van der Waals surface area contributed by atoms with Crippen molar-refractivity contribution in [1.29, 1.82) is 0 Å². The molecule has 0 bridgehead atoms. The highest BCUT2D eigenvalue weighted by atomic mass is 16.5. The Morgan fingerprint density at radius 2 is 1.16 bits per heavy atom. The van der Waals surface area contributed by atoms with Gasteiger partial charge in [-0.25, -0.2) is 0 Å². The van der Waals surface area contributed by atoms with E-state index in [1.165, 1.54) is 5.56 Å². The zero-order valence-electron chi connectivity index (χ0n) is 18.0. The number of rotatable bonds is 9. The Kier molecular flexibility index (Phi) is 7.86. The van der Waals surface area contributed by atoms with Gasteiger partial charge in [-0.3, -0.25) is 9.80 Å². The summed E-state index contributed by atoms with van der Waals surface area (Å²) in [5.41, 5.74) is 3.57. The minimum atomic E-state index is -0.504. The fraction of sp³-hybridized carbons (Fsp3) is 0.333. The van der Waals surface area contributed by atoms with Gasteiger partial charge in [0.05, 0.1) is 12.7 Å². The summed E-state index contributed by atoms with van der Waals surface area (Å²) in [5, 5.41) is 10.7. The normalized spacial score (nSPS) is 16.5. The maximum atomic E-state index is 10.7. The number of hydrogen-bond donors (Lipinski definition) is 1. The standard InChI is InChI=1S/C27H32N2O2/c30-26(21-29-18-16-28(17-19-29)20-23-10-4-1-5-11-23)22-31-27(24-12-6-2-7-13-24)25-14-8-3-9-15-25/h1-15,26-27,30H,16-22H2/t26-/m1/s1. The van der Waals surface area contributed by atoms with E-state index >= 15 is 0 Å². The second-order valence-electron chi connectivity index (χ2n) is 8.25. The molecule has 1 aliphatic rings. The van der Waals surface area contributed by atoms with Crippen LogP contribution in [-0.4, -0.2) is 60.3 Å². The van der Waals surface area contributed by atoms with Crippen molar-refractivity contribution in [3.05, 3.63) is 108 Å². The lowest BCUT2D eigenvalue weighted by molar-refractivity contribution is -0.0148. The van der Waals surface area contributed by atoms with Gasteiger partial charge >= 0.3 is 0 Å². The van der Waals surface area contributed by atoms with Crippen molar-refractivity contribution in [2.24, 2.45) is 0 Å². The number of hydrogen-bond acceptors (Lipinski definition) is 4. The number of piperazine rings is 1. The summed E-state index contributed by atoms with van der Waals surface area (Å²) >= 11 is 0. The van der Waals surface area contributed by atoms with Crippen LogP contribution < -0.4 is 0 Å². The third kappa shape index (κ3) is 6.49. The predicted molar refractivity (Wildman–Crippen MR) is 125 cm³/mol. The van der Waals surface area contributed by atoms with Crippen LogP contribution in [0.3, 0.4) is 0 Å². The Bertz CT molecular complexity index is 841. The predicted octanol–water partition coefficient (Wildman–Crippen LogP) is 3.97. The van der Waals surface area contributed by atoms with Crippen molar-refractivity contribution in [3.8, 4) is 0 Å². The van der Waals surface area contributed by atoms with Gasteiger partial charge in [-0.2, -0.15) is 0 Å². The monoisotopic (exact) mass is 416 g/mol. The molecule has 3 aromatic carbocycles. The quantitative estimate of drug-likeness (QED) is 0.573. The fourth-order valence-electron chi connectivity index (χ4n) is 4.17. The highest BCUT2D eigenvalue weighted by Crippen LogP contribution is 2.26. The van der Waals surface area contributed by atoms with Crippen LogP contribution in [0.2, 0.25) is 0 Å². The molecule has 4 rings (SSSR count). The SMILES string of the molecule is O[C@@H](COC(c1ccccc1)c1ccccc1)CN1CCN(Cc2ccccc2)CC1. The van der Waals surface area contributed by atoms with Crippen LogP contribution >= 0.6 is 0 Å². The van der Waals surface area contributed by atoms with E-state index in [-0.39, 0.29) is 6.10 Å². The summed E-state index contributed by atoms with van der Waals surface area (Å²) in [6, 6.07) is 31.1. The maximum absolute atomic E-state index is 10.7. The van der Waals surface area contributed by atoms with Crippen LogP contribution in [0.1, 0.15) is 22.8 Å². The van der Waals surface area contributed by atoms with Gasteiger partial charge in [0.1, 0.15) is 6.10 Å². The first-order chi connectivity index (χ1) is 15.3. The van der Waals surface area contributed by atoms with E-state index < -0.39 is 6.10 Å². The molecule has 1 N–H and O–H groups in total. The van der Waals surface area contributed by atoms with Gasteiger partial charge in [-0.05, 0) is 16.7 Å². The van der Waals surface area contributed by atoms with Gasteiger partial charge < -0.3 is 9.84 Å². The molecule has 0 saturated carbocycles. The minimum absolute atomic E-state index is 0.167. The zero-order chi connectivity index (χ0) is 21.3. The van der Waals surface area contributed by atoms with E-state index in [1.807, 2.05) is 36.4 Å². The summed E-state index contributed by atoms with van der Waals surface area (Å²) in [5.74, 6) is 0. The third-order valence-corrected chi connectivity index (χ3v) is 5.84. The molecule has 1 atom stereocenters. The maximum Gasteiger partial charge on any atom is 0.108 e. The Hall–Kier alpha value is -2.50. The Morgan fingerprint density at radius 1 is 0.677 bits per heavy atom. The lowest BCUT2D eigenvalue weighted by atomic mass is 10.0. The van der Waals surface area contributed by atoms with Crippen LogP contribution in [-0.2, 0) is 11.3 Å². The molecular formula is C27H32N2O2. The summed E-state index contributed by atoms with van der Waals surface area (Å²) in [6.07, 6.45) is -0.671. The highest BCUT2D eigenvalue weighted by Gasteiger charge is 2.21. The summed E-state index contributed by atoms with van der Waals surface area (Å²) < 4.78 is 6.23. The van der Waals surface area contributed by atoms with E-state index in [2.05, 4.69) is 64.4 Å². The first-order valence-electron chi connectivity index (χ1n) is 11.2. The number of aliphatic hydroxyl groups excluding tert-OH is 1. The molecule has 162 valence electrons. The van der Waals surface area contributed by atoms with Gasteiger partial charge in [-0.1, -0.05) is 91.0 Å². The fourth-order valence-corrected chi connectivity index (χ4v) is 4.17. The van der Waals surface area contributed by atoms with Crippen LogP contribution in [0.25, 0.3) is 0 Å². The average Bonchev–Trinajstić information content (AvgIpc) is 2.83. The van der Waals surface area contributed by atoms with Crippen LogP contribution in [0.15, 0.2) is 91.0 Å². The molecule has 4 nitrogen and oxygen atoms in total. The van der Waals surface area contributed by atoms with E-state index in [4.69, 9.17) is 4.74 Å². The van der Waals surface area contributed by atoms with Crippen molar-refractivity contribution in [2.45, 2.75) is 18.8 Å². The topological polar surface area (TPSA) is 35.9 Å². The molecule has 1 aliphatic heterocycles. The van der Waals surface area contributed by atoms with Crippen molar-refractivity contribution >= 4 is 0 Å². The molecule has 0 aliphatic carbocycles. The number of ether oxygens (including phenoxy) is 1. The molecule has 1 saturated heterocycles. The Labute approximate surface area is 185 Å². The largest absolute Gasteiger partial charge is 0.389 e. The molecule has 0 spiro atoms. The first-order valence-corrected chi connectivity index (χ1v) is 11.2. The Morgan fingerprint density at radius 3 is 1.71 bits per heavy atom. The molecule has 1 heterocycles. The van der Waals surface area contributed by atoms with Crippen molar-refractivity contribution in [1.82, 2.24) is 9.80 Å². The van der Waals surface area contributed by atoms with Crippen LogP contribution in [0.5, 0.6) is 0 Å². The van der Waals surface area contributed by atoms with Crippen molar-refractivity contribution in [2.75, 3.05) is 39.3 Å². The van der Waals surface area contributed by atoms with Crippen LogP contribution in [0.4, 0.5) is 0 Å². The minimum Gasteiger partial charge on any atom is -0.389 e. The van der Waals surface area contributed by atoms with Crippen LogP contribution in [0, 0.1) is 0 Å². The first kappa shape index (κ1) is 21.7. The van der Waals surface area contributed by atoms with Crippen molar-refractivity contribution < 1.29 is 9.84 Å². The summed E-state index contributed by atoms with van der Waals surface area (Å²) in [7, 11) is 0. The van der Waals surface area contributed by atoms with Gasteiger partial charge in [-0.15, -0.1) is 0 Å². The second-order valence-corrected chi connectivity index (χ2v) is 8.25. The number of nitrogens with zero attached hydrogens (tertiary/aromatic N) is 2. The Balaban J connectivity index is 1.26. The molecule has 0 aromatic heterocycles. The lowest BCUT2D eigenvalue weighted by Crippen LogP contribution is -2.48. The number of aliphatic hydroxyl groups is 1. The molecule has 0 unspecified atom stereocenters. The zero-order valence-corrected chi connectivity index (χ0v) is 18.0. The second kappa shape index (κ2) is 11.2. The van der Waals surface area contributed by atoms with Crippen molar-refractivity contribution in [3.63, 3.8) is 0 Å². The van der Waals surface area contributed by atoms with Gasteiger partial charge in [0.2, 0.25) is 0 Å². The van der Waals surface area contributed by atoms with E-state index in [0.717, 1.165) is 43.9 Å². The molecule has 3 aromatic rings.